The summed E-state index contributed by atoms with van der Waals surface area (Å²) < 4.78 is 49.1. The fourth-order valence-corrected chi connectivity index (χ4v) is 4.47. The lowest BCUT2D eigenvalue weighted by Crippen LogP contribution is -2.32. The molecule has 0 amide bonds. The molecule has 6 atom stereocenters. The van der Waals surface area contributed by atoms with Crippen molar-refractivity contribution < 1.29 is 57.0 Å². The summed E-state index contributed by atoms with van der Waals surface area (Å²) in [5.41, 5.74) is 0. The lowest BCUT2D eigenvalue weighted by Gasteiger charge is -2.24. The molecule has 5 rings (SSSR count). The summed E-state index contributed by atoms with van der Waals surface area (Å²) in [6.07, 6.45) is 1.32. The van der Waals surface area contributed by atoms with Crippen molar-refractivity contribution in [2.24, 2.45) is 0 Å². The summed E-state index contributed by atoms with van der Waals surface area (Å²) in [7, 11) is 0. The summed E-state index contributed by atoms with van der Waals surface area (Å²) in [5.74, 6) is -3.09. The first-order valence-corrected chi connectivity index (χ1v) is 12.5. The molecular weight excluding hydrogens is 480 g/mol. The minimum atomic E-state index is -0.862. The molecule has 12 heteroatoms. The number of carbonyl (C=O) groups excluding carboxylic acids is 3. The lowest BCUT2D eigenvalue weighted by atomic mass is 10.1. The van der Waals surface area contributed by atoms with Crippen LogP contribution < -0.4 is 0 Å². The Morgan fingerprint density at radius 1 is 0.500 bits per heavy atom. The van der Waals surface area contributed by atoms with E-state index in [1.165, 1.54) is 0 Å². The Kier molecular flexibility index (Phi) is 8.52. The van der Waals surface area contributed by atoms with Crippen molar-refractivity contribution in [1.29, 1.82) is 0 Å². The molecule has 5 saturated heterocycles. The van der Waals surface area contributed by atoms with E-state index in [2.05, 4.69) is 0 Å². The maximum Gasteiger partial charge on any atom is 0.306 e. The van der Waals surface area contributed by atoms with Gasteiger partial charge in [-0.2, -0.15) is 0 Å². The lowest BCUT2D eigenvalue weighted by molar-refractivity contribution is -0.184. The van der Waals surface area contributed by atoms with Crippen LogP contribution in [0, 0.1) is 0 Å². The molecule has 0 radical (unpaired) electrons. The van der Waals surface area contributed by atoms with Crippen LogP contribution in [0.1, 0.15) is 59.3 Å². The van der Waals surface area contributed by atoms with Crippen LogP contribution >= 0.6 is 0 Å². The molecule has 36 heavy (non-hydrogen) atoms. The quantitative estimate of drug-likeness (QED) is 0.340. The summed E-state index contributed by atoms with van der Waals surface area (Å²) in [4.78, 5) is 34.7. The smallest absolute Gasteiger partial charge is 0.306 e. The van der Waals surface area contributed by atoms with E-state index in [1.54, 1.807) is 13.8 Å². The normalized spacial score (nSPS) is 41.8. The molecule has 5 heterocycles. The highest BCUT2D eigenvalue weighted by molar-refractivity contribution is 5.70. The van der Waals surface area contributed by atoms with Gasteiger partial charge in [0.15, 0.2) is 17.4 Å². The van der Waals surface area contributed by atoms with E-state index in [9.17, 15) is 14.4 Å². The van der Waals surface area contributed by atoms with Crippen LogP contribution in [-0.4, -0.2) is 93.2 Å². The molecule has 0 spiro atoms. The third kappa shape index (κ3) is 7.59. The van der Waals surface area contributed by atoms with Crippen molar-refractivity contribution in [3.05, 3.63) is 0 Å². The number of cyclic esters (lactones) is 3. The van der Waals surface area contributed by atoms with Gasteiger partial charge in [-0.3, -0.25) is 14.4 Å². The van der Waals surface area contributed by atoms with Crippen LogP contribution in [0.3, 0.4) is 0 Å². The molecule has 12 nitrogen and oxygen atoms in total. The minimum Gasteiger partial charge on any atom is -0.463 e. The first-order valence-electron chi connectivity index (χ1n) is 12.5. The van der Waals surface area contributed by atoms with Gasteiger partial charge in [-0.25, -0.2) is 0 Å². The Morgan fingerprint density at radius 2 is 0.778 bits per heavy atom. The second-order valence-electron chi connectivity index (χ2n) is 10.1. The van der Waals surface area contributed by atoms with Crippen LogP contribution in [0.25, 0.3) is 0 Å². The van der Waals surface area contributed by atoms with Gasteiger partial charge >= 0.3 is 17.9 Å². The van der Waals surface area contributed by atoms with Crippen molar-refractivity contribution >= 4 is 17.9 Å². The SMILES string of the molecule is CC12CCC(=O)OCC(CO1)O2.CC12CCC(=O)OCC3COC(C)(CCC(=O)OCC(CO1)O2)O3. The summed E-state index contributed by atoms with van der Waals surface area (Å²) >= 11 is 0. The van der Waals surface area contributed by atoms with E-state index in [0.29, 0.717) is 52.1 Å². The Bertz CT molecular complexity index is 775. The van der Waals surface area contributed by atoms with Crippen molar-refractivity contribution in [2.75, 3.05) is 39.6 Å². The number of rotatable bonds is 0. The molecule has 5 aliphatic rings. The Hall–Kier alpha value is -1.83. The van der Waals surface area contributed by atoms with E-state index in [1.807, 2.05) is 6.92 Å². The highest BCUT2D eigenvalue weighted by atomic mass is 16.8. The van der Waals surface area contributed by atoms with Crippen LogP contribution in [0.15, 0.2) is 0 Å². The maximum absolute atomic E-state index is 11.9. The van der Waals surface area contributed by atoms with E-state index >= 15 is 0 Å². The molecule has 5 fully saturated rings. The van der Waals surface area contributed by atoms with Crippen LogP contribution in [0.2, 0.25) is 0 Å². The predicted octanol–water partition coefficient (Wildman–Crippen LogP) is 1.37. The fraction of sp³-hybridized carbons (Fsp3) is 0.875. The van der Waals surface area contributed by atoms with Gasteiger partial charge in [0, 0.05) is 19.3 Å². The van der Waals surface area contributed by atoms with E-state index < -0.39 is 17.4 Å². The Labute approximate surface area is 210 Å². The first kappa shape index (κ1) is 27.2. The van der Waals surface area contributed by atoms with Gasteiger partial charge in [0.25, 0.3) is 0 Å². The number of fused-ring (bicyclic) bond motifs is 6. The van der Waals surface area contributed by atoms with Gasteiger partial charge in [-0.15, -0.1) is 0 Å². The molecule has 204 valence electrons. The fourth-order valence-electron chi connectivity index (χ4n) is 4.47. The van der Waals surface area contributed by atoms with Gasteiger partial charge < -0.3 is 42.6 Å². The average molecular weight is 517 g/mol. The van der Waals surface area contributed by atoms with Gasteiger partial charge in [-0.1, -0.05) is 0 Å². The Morgan fingerprint density at radius 3 is 1.06 bits per heavy atom. The van der Waals surface area contributed by atoms with Crippen molar-refractivity contribution in [3.63, 3.8) is 0 Å². The molecule has 0 aliphatic carbocycles. The zero-order valence-corrected chi connectivity index (χ0v) is 21.1. The van der Waals surface area contributed by atoms with Gasteiger partial charge in [0.05, 0.1) is 39.1 Å². The molecule has 0 aromatic rings. The maximum atomic E-state index is 11.9. The molecule has 0 N–H and O–H groups in total. The van der Waals surface area contributed by atoms with Crippen LogP contribution in [0.5, 0.6) is 0 Å². The minimum absolute atomic E-state index is 0.0701. The van der Waals surface area contributed by atoms with E-state index in [0.717, 1.165) is 0 Å². The van der Waals surface area contributed by atoms with Gasteiger partial charge in [0.2, 0.25) is 0 Å². The van der Waals surface area contributed by atoms with Crippen molar-refractivity contribution in [2.45, 2.75) is 95.0 Å². The number of hydrogen-bond acceptors (Lipinski definition) is 12. The van der Waals surface area contributed by atoms with Gasteiger partial charge in [0.1, 0.15) is 38.1 Å². The Balaban J connectivity index is 0.000000211. The third-order valence-corrected chi connectivity index (χ3v) is 6.61. The summed E-state index contributed by atoms with van der Waals surface area (Å²) in [6.45, 7) is 7.16. The molecular formula is C24H36O12. The number of ether oxygens (including phenoxy) is 9. The number of carbonyl (C=O) groups is 3. The number of hydrogen-bond donors (Lipinski definition) is 0. The van der Waals surface area contributed by atoms with E-state index in [-0.39, 0.29) is 62.3 Å². The van der Waals surface area contributed by atoms with E-state index in [4.69, 9.17) is 42.6 Å². The second-order valence-corrected chi connectivity index (χ2v) is 10.1. The standard InChI is InChI=1S/C16H24O8.C8H12O4/c1-15-5-3-13(17)20-8-12-10-22-16(2,24-12)6-4-14(18)19-7-11(23-15)9-21-15;1-8-3-2-7(9)10-4-6(12-8)5-11-8/h11-12H,3-10H2,1-2H3;6H,2-5H2,1H3. The first-order chi connectivity index (χ1) is 17.0. The molecule has 0 aromatic carbocycles. The largest absolute Gasteiger partial charge is 0.463 e. The van der Waals surface area contributed by atoms with Crippen LogP contribution in [-0.2, 0) is 57.0 Å². The molecule has 0 saturated carbocycles. The van der Waals surface area contributed by atoms with Crippen molar-refractivity contribution in [3.8, 4) is 0 Å². The highest BCUT2D eigenvalue weighted by Gasteiger charge is 2.41. The second kappa shape index (κ2) is 11.3. The molecule has 0 aromatic heterocycles. The zero-order valence-electron chi connectivity index (χ0n) is 21.1. The van der Waals surface area contributed by atoms with Gasteiger partial charge in [-0.05, 0) is 20.8 Å². The van der Waals surface area contributed by atoms with Crippen LogP contribution in [0.4, 0.5) is 0 Å². The molecule has 6 bridgehead atoms. The predicted molar refractivity (Wildman–Crippen MR) is 118 cm³/mol. The molecule has 6 unspecified atom stereocenters. The monoisotopic (exact) mass is 516 g/mol. The zero-order chi connectivity index (χ0) is 25.8. The average Bonchev–Trinajstić information content (AvgIpc) is 3.54. The topological polar surface area (TPSA) is 134 Å². The summed E-state index contributed by atoms with van der Waals surface area (Å²) in [6, 6.07) is 0. The third-order valence-electron chi connectivity index (χ3n) is 6.61. The molecule has 5 aliphatic heterocycles. The van der Waals surface area contributed by atoms with Crippen molar-refractivity contribution in [1.82, 2.24) is 0 Å². The number of esters is 3. The highest BCUT2D eigenvalue weighted by Crippen LogP contribution is 2.31. The summed E-state index contributed by atoms with van der Waals surface area (Å²) in [5, 5.41) is 0.